The first-order valence-electron chi connectivity index (χ1n) is 5.88. The summed E-state index contributed by atoms with van der Waals surface area (Å²) in [5, 5.41) is 0.727. The van der Waals surface area contributed by atoms with Gasteiger partial charge in [0.05, 0.1) is 0 Å². The number of nitrogen functional groups attached to an aromatic ring is 1. The second-order valence-corrected chi connectivity index (χ2v) is 4.63. The summed E-state index contributed by atoms with van der Waals surface area (Å²) in [4.78, 5) is 6.41. The minimum absolute atomic E-state index is 0.681. The molecular formula is C13H17ClN4. The van der Waals surface area contributed by atoms with Crippen molar-refractivity contribution < 1.29 is 0 Å². The average Bonchev–Trinajstić information content (AvgIpc) is 2.82. The summed E-state index contributed by atoms with van der Waals surface area (Å²) in [5.41, 5.74) is 7.51. The first-order valence-corrected chi connectivity index (χ1v) is 6.25. The van der Waals surface area contributed by atoms with Gasteiger partial charge < -0.3 is 15.2 Å². The van der Waals surface area contributed by atoms with Crippen LogP contribution < -0.4 is 10.6 Å². The number of nitrogens with two attached hydrogens (primary N) is 1. The zero-order chi connectivity index (χ0) is 13.1. The standard InChI is InChI=1S/C13H17ClN4/c1-3-18-7-6-16-13(18)17(2)9-10-8-11(15)4-5-12(10)14/h4-8H,3,9,15H2,1-2H3. The molecule has 2 rings (SSSR count). The van der Waals surface area contributed by atoms with E-state index in [1.165, 1.54) is 0 Å². The molecule has 5 heteroatoms. The fourth-order valence-electron chi connectivity index (χ4n) is 1.93. The molecule has 0 atom stereocenters. The largest absolute Gasteiger partial charge is 0.399 e. The van der Waals surface area contributed by atoms with Crippen molar-refractivity contribution >= 4 is 23.2 Å². The third-order valence-electron chi connectivity index (χ3n) is 2.85. The van der Waals surface area contributed by atoms with Crippen molar-refractivity contribution in [2.75, 3.05) is 17.7 Å². The summed E-state index contributed by atoms with van der Waals surface area (Å²) in [6, 6.07) is 5.53. The predicted octanol–water partition coefficient (Wildman–Crippen LogP) is 2.78. The van der Waals surface area contributed by atoms with Gasteiger partial charge in [-0.25, -0.2) is 4.98 Å². The van der Waals surface area contributed by atoms with E-state index in [4.69, 9.17) is 17.3 Å². The Kier molecular flexibility index (Phi) is 3.77. The van der Waals surface area contributed by atoms with Crippen LogP contribution in [0.5, 0.6) is 0 Å². The van der Waals surface area contributed by atoms with Gasteiger partial charge in [-0.2, -0.15) is 0 Å². The zero-order valence-corrected chi connectivity index (χ0v) is 11.4. The van der Waals surface area contributed by atoms with E-state index in [0.717, 1.165) is 28.8 Å². The van der Waals surface area contributed by atoms with Crippen molar-refractivity contribution in [3.63, 3.8) is 0 Å². The number of nitrogens with zero attached hydrogens (tertiary/aromatic N) is 3. The fraction of sp³-hybridized carbons (Fsp3) is 0.308. The highest BCUT2D eigenvalue weighted by Crippen LogP contribution is 2.22. The minimum Gasteiger partial charge on any atom is -0.399 e. The highest BCUT2D eigenvalue weighted by Gasteiger charge is 2.10. The molecule has 18 heavy (non-hydrogen) atoms. The third-order valence-corrected chi connectivity index (χ3v) is 3.22. The molecule has 0 radical (unpaired) electrons. The molecule has 0 bridgehead atoms. The minimum atomic E-state index is 0.681. The van der Waals surface area contributed by atoms with Crippen molar-refractivity contribution in [1.29, 1.82) is 0 Å². The molecule has 2 aromatic rings. The quantitative estimate of drug-likeness (QED) is 0.864. The van der Waals surface area contributed by atoms with Gasteiger partial charge in [-0.3, -0.25) is 0 Å². The van der Waals surface area contributed by atoms with Gasteiger partial charge >= 0.3 is 0 Å². The van der Waals surface area contributed by atoms with E-state index in [2.05, 4.69) is 21.4 Å². The van der Waals surface area contributed by atoms with E-state index in [1.807, 2.05) is 25.4 Å². The maximum atomic E-state index is 6.17. The molecule has 1 aromatic carbocycles. The Labute approximate surface area is 112 Å². The molecule has 0 spiro atoms. The fourth-order valence-corrected chi connectivity index (χ4v) is 2.11. The molecule has 0 aliphatic rings. The molecule has 0 aliphatic carbocycles. The van der Waals surface area contributed by atoms with Gasteiger partial charge in [0.2, 0.25) is 5.95 Å². The van der Waals surface area contributed by atoms with Crippen molar-refractivity contribution in [2.45, 2.75) is 20.0 Å². The van der Waals surface area contributed by atoms with Crippen LogP contribution in [0.3, 0.4) is 0 Å². The molecule has 0 unspecified atom stereocenters. The van der Waals surface area contributed by atoms with Crippen molar-refractivity contribution in [1.82, 2.24) is 9.55 Å². The maximum absolute atomic E-state index is 6.17. The number of benzene rings is 1. The lowest BCUT2D eigenvalue weighted by Gasteiger charge is -2.20. The number of aromatic nitrogens is 2. The Morgan fingerprint density at radius 3 is 2.94 bits per heavy atom. The number of halogens is 1. The second kappa shape index (κ2) is 5.31. The lowest BCUT2D eigenvalue weighted by atomic mass is 10.2. The van der Waals surface area contributed by atoms with Gasteiger partial charge in [0, 0.05) is 43.2 Å². The molecule has 0 saturated carbocycles. The summed E-state index contributed by atoms with van der Waals surface area (Å²) in [5.74, 6) is 0.927. The van der Waals surface area contributed by atoms with Crippen molar-refractivity contribution in [2.24, 2.45) is 0 Å². The Hall–Kier alpha value is -1.68. The summed E-state index contributed by atoms with van der Waals surface area (Å²) in [7, 11) is 1.99. The van der Waals surface area contributed by atoms with Crippen LogP contribution in [0, 0.1) is 0 Å². The number of aryl methyl sites for hydroxylation is 1. The number of rotatable bonds is 4. The molecule has 0 aliphatic heterocycles. The van der Waals surface area contributed by atoms with Crippen LogP contribution in [0.15, 0.2) is 30.6 Å². The molecule has 96 valence electrons. The lowest BCUT2D eigenvalue weighted by Crippen LogP contribution is -2.20. The first kappa shape index (κ1) is 12.8. The first-order chi connectivity index (χ1) is 8.61. The normalized spacial score (nSPS) is 10.6. The van der Waals surface area contributed by atoms with Gasteiger partial charge in [-0.05, 0) is 30.7 Å². The van der Waals surface area contributed by atoms with E-state index >= 15 is 0 Å². The van der Waals surface area contributed by atoms with Gasteiger partial charge in [-0.15, -0.1) is 0 Å². The Balaban J connectivity index is 2.21. The van der Waals surface area contributed by atoms with E-state index in [1.54, 1.807) is 12.3 Å². The summed E-state index contributed by atoms with van der Waals surface area (Å²) in [6.45, 7) is 3.66. The van der Waals surface area contributed by atoms with Gasteiger partial charge in [0.1, 0.15) is 0 Å². The molecule has 0 fully saturated rings. The van der Waals surface area contributed by atoms with E-state index in [0.29, 0.717) is 6.54 Å². The number of hydrogen-bond donors (Lipinski definition) is 1. The van der Waals surface area contributed by atoms with Crippen molar-refractivity contribution in [3.8, 4) is 0 Å². The van der Waals surface area contributed by atoms with Crippen LogP contribution in [0.4, 0.5) is 11.6 Å². The SMILES string of the molecule is CCn1ccnc1N(C)Cc1cc(N)ccc1Cl. The lowest BCUT2D eigenvalue weighted by molar-refractivity contribution is 0.725. The van der Waals surface area contributed by atoms with E-state index < -0.39 is 0 Å². The van der Waals surface area contributed by atoms with E-state index in [9.17, 15) is 0 Å². The Morgan fingerprint density at radius 2 is 2.22 bits per heavy atom. The number of hydrogen-bond acceptors (Lipinski definition) is 3. The van der Waals surface area contributed by atoms with Crippen LogP contribution in [-0.2, 0) is 13.1 Å². The molecule has 2 N–H and O–H groups in total. The van der Waals surface area contributed by atoms with Crippen molar-refractivity contribution in [3.05, 3.63) is 41.2 Å². The highest BCUT2D eigenvalue weighted by molar-refractivity contribution is 6.31. The van der Waals surface area contributed by atoms with Crippen LogP contribution in [0.2, 0.25) is 5.02 Å². The van der Waals surface area contributed by atoms with Gasteiger partial charge in [-0.1, -0.05) is 11.6 Å². The summed E-state index contributed by atoms with van der Waals surface area (Å²) < 4.78 is 2.08. The predicted molar refractivity (Wildman–Crippen MR) is 75.9 cm³/mol. The van der Waals surface area contributed by atoms with E-state index in [-0.39, 0.29) is 0 Å². The summed E-state index contributed by atoms with van der Waals surface area (Å²) in [6.07, 6.45) is 3.77. The summed E-state index contributed by atoms with van der Waals surface area (Å²) >= 11 is 6.17. The zero-order valence-electron chi connectivity index (χ0n) is 10.6. The second-order valence-electron chi connectivity index (χ2n) is 4.22. The number of imidazole rings is 1. The van der Waals surface area contributed by atoms with Gasteiger partial charge in [0.15, 0.2) is 0 Å². The Bertz CT molecular complexity index is 536. The molecule has 4 nitrogen and oxygen atoms in total. The smallest absolute Gasteiger partial charge is 0.205 e. The monoisotopic (exact) mass is 264 g/mol. The maximum Gasteiger partial charge on any atom is 0.205 e. The Morgan fingerprint density at radius 1 is 1.44 bits per heavy atom. The van der Waals surface area contributed by atoms with Crippen LogP contribution in [0.25, 0.3) is 0 Å². The molecule has 0 saturated heterocycles. The molecule has 0 amide bonds. The van der Waals surface area contributed by atoms with Crippen LogP contribution in [0.1, 0.15) is 12.5 Å². The molecule has 1 aromatic heterocycles. The van der Waals surface area contributed by atoms with Crippen LogP contribution in [-0.4, -0.2) is 16.6 Å². The van der Waals surface area contributed by atoms with Gasteiger partial charge in [0.25, 0.3) is 0 Å². The molecular weight excluding hydrogens is 248 g/mol. The number of anilines is 2. The van der Waals surface area contributed by atoms with Crippen LogP contribution >= 0.6 is 11.6 Å². The average molecular weight is 265 g/mol. The molecule has 1 heterocycles. The third kappa shape index (κ3) is 2.59. The topological polar surface area (TPSA) is 47.1 Å². The highest BCUT2D eigenvalue weighted by atomic mass is 35.5.